The van der Waals surface area contributed by atoms with Gasteiger partial charge >= 0.3 is 0 Å². The van der Waals surface area contributed by atoms with E-state index in [9.17, 15) is 10.2 Å². The minimum absolute atomic E-state index is 0.118. The number of aliphatic hydroxyl groups excluding tert-OH is 1. The van der Waals surface area contributed by atoms with Gasteiger partial charge in [0.25, 0.3) is 0 Å². The van der Waals surface area contributed by atoms with E-state index in [-0.39, 0.29) is 12.4 Å². The van der Waals surface area contributed by atoms with Crippen molar-refractivity contribution >= 4 is 11.3 Å². The molecule has 0 aliphatic carbocycles. The van der Waals surface area contributed by atoms with Crippen molar-refractivity contribution in [1.82, 2.24) is 25.3 Å². The fraction of sp³-hybridized carbons (Fsp3) is 0.250. The summed E-state index contributed by atoms with van der Waals surface area (Å²) in [6.45, 7) is 2.53. The Balaban J connectivity index is 1.66. The van der Waals surface area contributed by atoms with Crippen molar-refractivity contribution in [2.45, 2.75) is 26.6 Å². The number of nitrogens with one attached hydrogen (secondary N) is 1. The lowest BCUT2D eigenvalue weighted by Gasteiger charge is -2.11. The first kappa shape index (κ1) is 16.4. The van der Waals surface area contributed by atoms with Crippen LogP contribution in [0.1, 0.15) is 22.5 Å². The van der Waals surface area contributed by atoms with Crippen LogP contribution in [0.3, 0.4) is 0 Å². The first-order valence-electron chi connectivity index (χ1n) is 7.37. The van der Waals surface area contributed by atoms with Crippen LogP contribution < -0.4 is 5.32 Å². The summed E-state index contributed by atoms with van der Waals surface area (Å²) in [4.78, 5) is 16.8. The summed E-state index contributed by atoms with van der Waals surface area (Å²) in [6.07, 6.45) is 6.53. The molecule has 0 atom stereocenters. The topological polar surface area (TPSA) is 104 Å². The van der Waals surface area contributed by atoms with E-state index in [0.717, 1.165) is 16.4 Å². The van der Waals surface area contributed by atoms with Gasteiger partial charge < -0.3 is 15.5 Å². The first-order chi connectivity index (χ1) is 11.7. The van der Waals surface area contributed by atoms with E-state index in [2.05, 4.69) is 25.3 Å². The molecule has 0 saturated heterocycles. The molecule has 3 heterocycles. The molecule has 8 heteroatoms. The minimum atomic E-state index is -0.161. The summed E-state index contributed by atoms with van der Waals surface area (Å²) in [5.41, 5.74) is 3.45. The smallest absolute Gasteiger partial charge is 0.143 e. The number of aromatic nitrogens is 4. The molecule has 3 rings (SSSR count). The van der Waals surface area contributed by atoms with E-state index in [1.54, 1.807) is 31.7 Å². The van der Waals surface area contributed by atoms with E-state index in [1.807, 2.05) is 5.38 Å². The van der Waals surface area contributed by atoms with Gasteiger partial charge in [-0.1, -0.05) is 0 Å². The Bertz CT molecular complexity index is 823. The SMILES string of the molecule is Cc1ncc(CO)c(CNCc2csc(-c3cnccn3)n2)c1O. The van der Waals surface area contributed by atoms with Crippen molar-refractivity contribution in [2.24, 2.45) is 0 Å². The summed E-state index contributed by atoms with van der Waals surface area (Å²) in [7, 11) is 0. The van der Waals surface area contributed by atoms with Gasteiger partial charge in [0, 0.05) is 48.2 Å². The third-order valence-corrected chi connectivity index (χ3v) is 4.46. The van der Waals surface area contributed by atoms with E-state index >= 15 is 0 Å². The highest BCUT2D eigenvalue weighted by Crippen LogP contribution is 2.24. The van der Waals surface area contributed by atoms with E-state index in [4.69, 9.17) is 0 Å². The third-order valence-electron chi connectivity index (χ3n) is 3.54. The molecule has 0 saturated carbocycles. The van der Waals surface area contributed by atoms with Gasteiger partial charge in [0.2, 0.25) is 0 Å². The lowest BCUT2D eigenvalue weighted by atomic mass is 10.1. The number of aryl methyl sites for hydroxylation is 1. The molecule has 0 fully saturated rings. The van der Waals surface area contributed by atoms with Crippen LogP contribution in [0, 0.1) is 6.92 Å². The van der Waals surface area contributed by atoms with Gasteiger partial charge in [0.1, 0.15) is 16.5 Å². The number of thiazole rings is 1. The Hall–Kier alpha value is -2.42. The minimum Gasteiger partial charge on any atom is -0.506 e. The van der Waals surface area contributed by atoms with Crippen LogP contribution in [0.15, 0.2) is 30.2 Å². The van der Waals surface area contributed by atoms with E-state index in [1.165, 1.54) is 11.3 Å². The Morgan fingerprint density at radius 3 is 2.79 bits per heavy atom. The van der Waals surface area contributed by atoms with Crippen LogP contribution in [0.2, 0.25) is 0 Å². The monoisotopic (exact) mass is 343 g/mol. The van der Waals surface area contributed by atoms with Crippen molar-refractivity contribution < 1.29 is 10.2 Å². The fourth-order valence-corrected chi connectivity index (χ4v) is 3.03. The number of aliphatic hydroxyl groups is 1. The van der Waals surface area contributed by atoms with Crippen LogP contribution in [0.25, 0.3) is 10.7 Å². The lowest BCUT2D eigenvalue weighted by molar-refractivity contribution is 0.278. The second-order valence-electron chi connectivity index (χ2n) is 5.19. The van der Waals surface area contributed by atoms with Crippen LogP contribution in [0.4, 0.5) is 0 Å². The molecule has 0 aromatic carbocycles. The van der Waals surface area contributed by atoms with Gasteiger partial charge in [-0.25, -0.2) is 4.98 Å². The largest absolute Gasteiger partial charge is 0.506 e. The number of hydrogen-bond acceptors (Lipinski definition) is 8. The van der Waals surface area contributed by atoms with Crippen molar-refractivity contribution in [3.63, 3.8) is 0 Å². The Labute approximate surface area is 143 Å². The van der Waals surface area contributed by atoms with Crippen molar-refractivity contribution in [1.29, 1.82) is 0 Å². The average Bonchev–Trinajstić information content (AvgIpc) is 3.08. The van der Waals surface area contributed by atoms with E-state index in [0.29, 0.717) is 29.9 Å². The molecule has 7 nitrogen and oxygen atoms in total. The highest BCUT2D eigenvalue weighted by molar-refractivity contribution is 7.13. The van der Waals surface area contributed by atoms with Crippen LogP contribution >= 0.6 is 11.3 Å². The molecule has 0 unspecified atom stereocenters. The van der Waals surface area contributed by atoms with Crippen molar-refractivity contribution in [3.8, 4) is 16.5 Å². The summed E-state index contributed by atoms with van der Waals surface area (Å²) >= 11 is 1.51. The Kier molecular flexibility index (Phi) is 5.09. The van der Waals surface area contributed by atoms with Crippen LogP contribution in [-0.2, 0) is 19.7 Å². The lowest BCUT2D eigenvalue weighted by Crippen LogP contribution is -2.15. The van der Waals surface area contributed by atoms with Gasteiger partial charge in [0.15, 0.2) is 0 Å². The third kappa shape index (κ3) is 3.56. The predicted molar refractivity (Wildman–Crippen MR) is 90.2 cm³/mol. The van der Waals surface area contributed by atoms with Gasteiger partial charge in [-0.05, 0) is 6.92 Å². The molecule has 3 aromatic heterocycles. The maximum atomic E-state index is 10.1. The number of hydrogen-bond donors (Lipinski definition) is 3. The zero-order valence-electron chi connectivity index (χ0n) is 13.1. The molecular formula is C16H17N5O2S. The molecule has 0 bridgehead atoms. The molecule has 124 valence electrons. The molecule has 3 N–H and O–H groups in total. The van der Waals surface area contributed by atoms with Crippen LogP contribution in [0.5, 0.6) is 5.75 Å². The standard InChI is InChI=1S/C16H17N5O2S/c1-10-15(23)13(11(8-22)4-20-10)6-18-5-12-9-24-16(21-12)14-7-17-2-3-19-14/h2-4,7,9,18,22-23H,5-6,8H2,1H3. The summed E-state index contributed by atoms with van der Waals surface area (Å²) in [6, 6.07) is 0. The Morgan fingerprint density at radius 2 is 2.04 bits per heavy atom. The maximum Gasteiger partial charge on any atom is 0.143 e. The molecule has 0 spiro atoms. The predicted octanol–water partition coefficient (Wildman–Crippen LogP) is 1.79. The average molecular weight is 343 g/mol. The number of rotatable bonds is 6. The number of nitrogens with zero attached hydrogens (tertiary/aromatic N) is 4. The fourth-order valence-electron chi connectivity index (χ4n) is 2.25. The summed E-state index contributed by atoms with van der Waals surface area (Å²) < 4.78 is 0. The normalized spacial score (nSPS) is 10.9. The van der Waals surface area contributed by atoms with Crippen LogP contribution in [-0.4, -0.2) is 30.1 Å². The van der Waals surface area contributed by atoms with Gasteiger partial charge in [0.05, 0.1) is 24.2 Å². The quantitative estimate of drug-likeness (QED) is 0.627. The highest BCUT2D eigenvalue weighted by atomic mass is 32.1. The van der Waals surface area contributed by atoms with Crippen molar-refractivity contribution in [2.75, 3.05) is 0 Å². The summed E-state index contributed by atoms with van der Waals surface area (Å²) in [5.74, 6) is 0.118. The molecule has 0 aliphatic rings. The molecule has 0 radical (unpaired) electrons. The van der Waals surface area contributed by atoms with E-state index < -0.39 is 0 Å². The van der Waals surface area contributed by atoms with Crippen molar-refractivity contribution in [3.05, 3.63) is 52.7 Å². The second kappa shape index (κ2) is 7.43. The van der Waals surface area contributed by atoms with Gasteiger partial charge in [-0.15, -0.1) is 11.3 Å². The molecule has 3 aromatic rings. The molecule has 0 amide bonds. The first-order valence-corrected chi connectivity index (χ1v) is 8.25. The number of pyridine rings is 1. The molecule has 24 heavy (non-hydrogen) atoms. The Morgan fingerprint density at radius 1 is 1.17 bits per heavy atom. The van der Waals surface area contributed by atoms with Gasteiger partial charge in [-0.2, -0.15) is 0 Å². The number of aromatic hydroxyl groups is 1. The zero-order valence-corrected chi connectivity index (χ0v) is 13.9. The van der Waals surface area contributed by atoms with Gasteiger partial charge in [-0.3, -0.25) is 15.0 Å². The molecule has 0 aliphatic heterocycles. The highest BCUT2D eigenvalue weighted by Gasteiger charge is 2.11. The maximum absolute atomic E-state index is 10.1. The summed E-state index contributed by atoms with van der Waals surface area (Å²) in [5, 5.41) is 25.5. The second-order valence-corrected chi connectivity index (χ2v) is 6.05. The molecular weight excluding hydrogens is 326 g/mol. The zero-order chi connectivity index (χ0) is 16.9.